The monoisotopic (exact) mass is 293 g/mol. The van der Waals surface area contributed by atoms with Gasteiger partial charge >= 0.3 is 0 Å². The summed E-state index contributed by atoms with van der Waals surface area (Å²) < 4.78 is 26.6. The third-order valence-electron chi connectivity index (χ3n) is 2.30. The molecule has 0 bridgehead atoms. The number of nitriles is 1. The molecule has 0 fully saturated rings. The van der Waals surface area contributed by atoms with Crippen molar-refractivity contribution < 1.29 is 8.42 Å². The quantitative estimate of drug-likeness (QED) is 0.942. The molecule has 0 saturated carbocycles. The van der Waals surface area contributed by atoms with Gasteiger partial charge < -0.3 is 0 Å². The molecule has 0 aliphatic rings. The number of hydrogen-bond acceptors (Lipinski definition) is 4. The topological polar surface area (TPSA) is 82.8 Å². The standard InChI is InChI=1S/C12H8ClN3O2S/c13-12-7-11(2-1-9(12)8-14)19(17,18)16-10-3-5-15-6-4-10/h1-7H,(H,15,16). The van der Waals surface area contributed by atoms with E-state index in [0.29, 0.717) is 5.69 Å². The van der Waals surface area contributed by atoms with Gasteiger partial charge in [-0.25, -0.2) is 8.42 Å². The zero-order valence-corrected chi connectivity index (χ0v) is 11.1. The first-order valence-electron chi connectivity index (χ1n) is 5.15. The van der Waals surface area contributed by atoms with Gasteiger partial charge in [0, 0.05) is 12.4 Å². The highest BCUT2D eigenvalue weighted by Crippen LogP contribution is 2.22. The maximum absolute atomic E-state index is 12.1. The second-order valence-electron chi connectivity index (χ2n) is 3.59. The highest BCUT2D eigenvalue weighted by molar-refractivity contribution is 7.92. The van der Waals surface area contributed by atoms with Crippen LogP contribution in [0.25, 0.3) is 0 Å². The predicted molar refractivity (Wildman–Crippen MR) is 71.2 cm³/mol. The molecule has 0 saturated heterocycles. The van der Waals surface area contributed by atoms with Crippen molar-refractivity contribution in [3.8, 4) is 6.07 Å². The maximum Gasteiger partial charge on any atom is 0.261 e. The lowest BCUT2D eigenvalue weighted by Gasteiger charge is -2.08. The number of aromatic nitrogens is 1. The highest BCUT2D eigenvalue weighted by Gasteiger charge is 2.15. The minimum Gasteiger partial charge on any atom is -0.280 e. The fourth-order valence-corrected chi connectivity index (χ4v) is 2.76. The smallest absolute Gasteiger partial charge is 0.261 e. The molecule has 2 aromatic rings. The first kappa shape index (κ1) is 13.3. The van der Waals surface area contributed by atoms with E-state index in [1.807, 2.05) is 6.07 Å². The Hall–Kier alpha value is -2.10. The molecule has 1 aromatic heterocycles. The molecule has 1 aromatic carbocycles. The van der Waals surface area contributed by atoms with Crippen LogP contribution in [0.5, 0.6) is 0 Å². The second kappa shape index (κ2) is 5.26. The minimum absolute atomic E-state index is 0.00619. The molecule has 19 heavy (non-hydrogen) atoms. The van der Waals surface area contributed by atoms with E-state index in [9.17, 15) is 8.42 Å². The third-order valence-corrected chi connectivity index (χ3v) is 4.00. The van der Waals surface area contributed by atoms with E-state index in [1.165, 1.54) is 42.7 Å². The summed E-state index contributed by atoms with van der Waals surface area (Å²) in [5.74, 6) is 0. The average Bonchev–Trinajstić information content (AvgIpc) is 2.39. The van der Waals surface area contributed by atoms with E-state index in [1.54, 1.807) is 0 Å². The van der Waals surface area contributed by atoms with Crippen molar-refractivity contribution in [2.75, 3.05) is 4.72 Å². The van der Waals surface area contributed by atoms with Gasteiger partial charge in [0.25, 0.3) is 10.0 Å². The van der Waals surface area contributed by atoms with Gasteiger partial charge in [0.05, 0.1) is 21.2 Å². The second-order valence-corrected chi connectivity index (χ2v) is 5.68. The molecule has 5 nitrogen and oxygen atoms in total. The fraction of sp³-hybridized carbons (Fsp3) is 0. The van der Waals surface area contributed by atoms with E-state index in [4.69, 9.17) is 16.9 Å². The Bertz CT molecular complexity index is 739. The first-order chi connectivity index (χ1) is 9.03. The van der Waals surface area contributed by atoms with Crippen molar-refractivity contribution in [1.82, 2.24) is 4.98 Å². The van der Waals surface area contributed by atoms with Crippen LogP contribution in [0.2, 0.25) is 5.02 Å². The van der Waals surface area contributed by atoms with Crippen LogP contribution in [-0.4, -0.2) is 13.4 Å². The summed E-state index contributed by atoms with van der Waals surface area (Å²) >= 11 is 5.81. The van der Waals surface area contributed by atoms with Crippen LogP contribution in [0.4, 0.5) is 5.69 Å². The van der Waals surface area contributed by atoms with Crippen molar-refractivity contribution in [3.63, 3.8) is 0 Å². The molecule has 96 valence electrons. The largest absolute Gasteiger partial charge is 0.280 e. The van der Waals surface area contributed by atoms with Gasteiger partial charge in [-0.15, -0.1) is 0 Å². The summed E-state index contributed by atoms with van der Waals surface area (Å²) in [5, 5.41) is 8.84. The number of anilines is 1. The molecule has 0 radical (unpaired) electrons. The zero-order chi connectivity index (χ0) is 13.9. The molecule has 0 spiro atoms. The van der Waals surface area contributed by atoms with Crippen molar-refractivity contribution in [2.24, 2.45) is 0 Å². The number of pyridine rings is 1. The SMILES string of the molecule is N#Cc1ccc(S(=O)(=O)Nc2ccncc2)cc1Cl. The summed E-state index contributed by atoms with van der Waals surface area (Å²) in [5.41, 5.74) is 0.625. The fourth-order valence-electron chi connectivity index (χ4n) is 1.39. The van der Waals surface area contributed by atoms with Gasteiger partial charge in [-0.05, 0) is 30.3 Å². The van der Waals surface area contributed by atoms with Gasteiger partial charge in [-0.2, -0.15) is 5.26 Å². The van der Waals surface area contributed by atoms with E-state index >= 15 is 0 Å². The number of rotatable bonds is 3. The van der Waals surface area contributed by atoms with Crippen LogP contribution in [0, 0.1) is 11.3 Å². The van der Waals surface area contributed by atoms with E-state index < -0.39 is 10.0 Å². The summed E-state index contributed by atoms with van der Waals surface area (Å²) in [6.45, 7) is 0. The molecular weight excluding hydrogens is 286 g/mol. The van der Waals surface area contributed by atoms with Crippen molar-refractivity contribution >= 4 is 27.3 Å². The number of hydrogen-bond donors (Lipinski definition) is 1. The van der Waals surface area contributed by atoms with Gasteiger partial charge in [-0.1, -0.05) is 11.6 Å². The van der Waals surface area contributed by atoms with Crippen LogP contribution < -0.4 is 4.72 Å². The van der Waals surface area contributed by atoms with Gasteiger partial charge in [0.1, 0.15) is 6.07 Å². The summed E-state index contributed by atoms with van der Waals surface area (Å²) in [6.07, 6.45) is 2.95. The predicted octanol–water partition coefficient (Wildman–Crippen LogP) is 2.41. The summed E-state index contributed by atoms with van der Waals surface area (Å²) in [7, 11) is -3.73. The maximum atomic E-state index is 12.1. The van der Waals surface area contributed by atoms with Crippen LogP contribution in [-0.2, 0) is 10.0 Å². The number of benzene rings is 1. The third kappa shape index (κ3) is 3.02. The molecule has 7 heteroatoms. The van der Waals surface area contributed by atoms with E-state index in [-0.39, 0.29) is 15.5 Å². The Labute approximate surface area is 115 Å². The van der Waals surface area contributed by atoms with Crippen molar-refractivity contribution in [3.05, 3.63) is 53.3 Å². The van der Waals surface area contributed by atoms with Crippen LogP contribution in [0.3, 0.4) is 0 Å². The Balaban J connectivity index is 2.36. The lowest BCUT2D eigenvalue weighted by Crippen LogP contribution is -2.13. The first-order valence-corrected chi connectivity index (χ1v) is 7.01. The Morgan fingerprint density at radius 1 is 1.21 bits per heavy atom. The Morgan fingerprint density at radius 2 is 1.89 bits per heavy atom. The number of sulfonamides is 1. The Kier molecular flexibility index (Phi) is 3.69. The molecule has 0 aliphatic carbocycles. The van der Waals surface area contributed by atoms with Crippen LogP contribution in [0.1, 0.15) is 5.56 Å². The molecule has 0 atom stereocenters. The molecular formula is C12H8ClN3O2S. The van der Waals surface area contributed by atoms with Gasteiger partial charge in [-0.3, -0.25) is 9.71 Å². The molecule has 2 rings (SSSR count). The van der Waals surface area contributed by atoms with Gasteiger partial charge in [0.15, 0.2) is 0 Å². The lowest BCUT2D eigenvalue weighted by atomic mass is 10.2. The van der Waals surface area contributed by atoms with Crippen molar-refractivity contribution in [1.29, 1.82) is 5.26 Å². The van der Waals surface area contributed by atoms with E-state index in [2.05, 4.69) is 9.71 Å². The minimum atomic E-state index is -3.73. The number of halogens is 1. The zero-order valence-electron chi connectivity index (χ0n) is 9.54. The summed E-state index contributed by atoms with van der Waals surface area (Å²) in [6, 6.07) is 8.86. The number of nitrogens with zero attached hydrogens (tertiary/aromatic N) is 2. The van der Waals surface area contributed by atoms with Crippen molar-refractivity contribution in [2.45, 2.75) is 4.90 Å². The lowest BCUT2D eigenvalue weighted by molar-refractivity contribution is 0.601. The summed E-state index contributed by atoms with van der Waals surface area (Å²) in [4.78, 5) is 3.79. The molecule has 1 N–H and O–H groups in total. The van der Waals surface area contributed by atoms with Crippen LogP contribution >= 0.6 is 11.6 Å². The van der Waals surface area contributed by atoms with Crippen LogP contribution in [0.15, 0.2) is 47.6 Å². The molecule has 0 aliphatic heterocycles. The molecule has 0 unspecified atom stereocenters. The Morgan fingerprint density at radius 3 is 2.47 bits per heavy atom. The van der Waals surface area contributed by atoms with Gasteiger partial charge in [0.2, 0.25) is 0 Å². The molecule has 0 amide bonds. The van der Waals surface area contributed by atoms with E-state index in [0.717, 1.165) is 0 Å². The molecule has 1 heterocycles. The highest BCUT2D eigenvalue weighted by atomic mass is 35.5. The normalized spacial score (nSPS) is 10.7. The number of nitrogens with one attached hydrogen (secondary N) is 1. The average molecular weight is 294 g/mol.